The van der Waals surface area contributed by atoms with Crippen LogP contribution in [-0.4, -0.2) is 30.1 Å². The van der Waals surface area contributed by atoms with Gasteiger partial charge in [0.1, 0.15) is 17.7 Å². The molecule has 3 aromatic rings. The summed E-state index contributed by atoms with van der Waals surface area (Å²) in [6, 6.07) is 16.9. The van der Waals surface area contributed by atoms with E-state index in [2.05, 4.69) is 5.16 Å². The number of ether oxygens (including phenoxy) is 1. The first-order valence-corrected chi connectivity index (χ1v) is 8.02. The topological polar surface area (TPSA) is 55.6 Å². The molecule has 1 heterocycles. The van der Waals surface area contributed by atoms with Gasteiger partial charge in [0, 0.05) is 18.7 Å². The van der Waals surface area contributed by atoms with Crippen LogP contribution < -0.4 is 4.74 Å². The van der Waals surface area contributed by atoms with Crippen molar-refractivity contribution in [2.75, 3.05) is 14.2 Å². The van der Waals surface area contributed by atoms with Gasteiger partial charge in [-0.25, -0.2) is 0 Å². The maximum absolute atomic E-state index is 12.8. The highest BCUT2D eigenvalue weighted by Gasteiger charge is 2.21. The molecule has 3 rings (SSSR count). The van der Waals surface area contributed by atoms with Crippen LogP contribution in [0.3, 0.4) is 0 Å². The predicted octanol–water partition coefficient (Wildman–Crippen LogP) is 4.18. The van der Waals surface area contributed by atoms with Gasteiger partial charge in [-0.05, 0) is 42.3 Å². The van der Waals surface area contributed by atoms with Crippen molar-refractivity contribution < 1.29 is 14.1 Å². The SMILES string of the molecule is COc1cccc(-c2cccc(C(=O)N(C)[C@@H](C)c3ccon3)c2)c1. The Balaban J connectivity index is 1.86. The van der Waals surface area contributed by atoms with Crippen LogP contribution in [0.1, 0.15) is 29.0 Å². The second-order valence-corrected chi connectivity index (χ2v) is 5.83. The zero-order valence-electron chi connectivity index (χ0n) is 14.5. The van der Waals surface area contributed by atoms with Crippen molar-refractivity contribution in [1.82, 2.24) is 10.1 Å². The molecule has 0 N–H and O–H groups in total. The van der Waals surface area contributed by atoms with Crippen molar-refractivity contribution in [3.63, 3.8) is 0 Å². The molecule has 0 unspecified atom stereocenters. The minimum absolute atomic E-state index is 0.0692. The van der Waals surface area contributed by atoms with Crippen molar-refractivity contribution in [3.8, 4) is 16.9 Å². The predicted molar refractivity (Wildman–Crippen MR) is 95.4 cm³/mol. The molecule has 0 fully saturated rings. The van der Waals surface area contributed by atoms with Crippen LogP contribution >= 0.6 is 0 Å². The van der Waals surface area contributed by atoms with Crippen LogP contribution in [0.25, 0.3) is 11.1 Å². The first kappa shape index (κ1) is 16.8. The molecule has 0 radical (unpaired) electrons. The Morgan fingerprint density at radius 1 is 1.12 bits per heavy atom. The first-order chi connectivity index (χ1) is 12.1. The largest absolute Gasteiger partial charge is 0.497 e. The first-order valence-electron chi connectivity index (χ1n) is 8.02. The van der Waals surface area contributed by atoms with Gasteiger partial charge < -0.3 is 14.2 Å². The van der Waals surface area contributed by atoms with Gasteiger partial charge in [0.05, 0.1) is 13.2 Å². The Morgan fingerprint density at radius 3 is 2.52 bits per heavy atom. The number of carbonyl (C=O) groups is 1. The summed E-state index contributed by atoms with van der Waals surface area (Å²) in [6.45, 7) is 1.92. The van der Waals surface area contributed by atoms with Crippen molar-refractivity contribution in [2.24, 2.45) is 0 Å². The Hall–Kier alpha value is -3.08. The molecule has 2 aromatic carbocycles. The van der Waals surface area contributed by atoms with Gasteiger partial charge in [0.25, 0.3) is 5.91 Å². The molecular formula is C20H20N2O3. The van der Waals surface area contributed by atoms with Crippen LogP contribution in [0.5, 0.6) is 5.75 Å². The molecule has 0 aliphatic heterocycles. The number of aromatic nitrogens is 1. The molecule has 0 spiro atoms. The van der Waals surface area contributed by atoms with E-state index in [1.54, 1.807) is 25.1 Å². The monoisotopic (exact) mass is 336 g/mol. The average Bonchev–Trinajstić information content (AvgIpc) is 3.21. The molecular weight excluding hydrogens is 316 g/mol. The van der Waals surface area contributed by atoms with Crippen LogP contribution in [-0.2, 0) is 0 Å². The number of hydrogen-bond donors (Lipinski definition) is 0. The van der Waals surface area contributed by atoms with E-state index in [1.165, 1.54) is 6.26 Å². The normalized spacial score (nSPS) is 11.8. The highest BCUT2D eigenvalue weighted by molar-refractivity contribution is 5.95. The number of methoxy groups -OCH3 is 1. The van der Waals surface area contributed by atoms with E-state index in [0.717, 1.165) is 22.6 Å². The second-order valence-electron chi connectivity index (χ2n) is 5.83. The highest BCUT2D eigenvalue weighted by atomic mass is 16.5. The lowest BCUT2D eigenvalue weighted by Crippen LogP contribution is -2.29. The third-order valence-electron chi connectivity index (χ3n) is 4.30. The molecule has 0 saturated carbocycles. The van der Waals surface area contributed by atoms with Gasteiger partial charge >= 0.3 is 0 Å². The third-order valence-corrected chi connectivity index (χ3v) is 4.30. The van der Waals surface area contributed by atoms with Crippen molar-refractivity contribution in [2.45, 2.75) is 13.0 Å². The number of carbonyl (C=O) groups excluding carboxylic acids is 1. The van der Waals surface area contributed by atoms with E-state index >= 15 is 0 Å². The van der Waals surface area contributed by atoms with E-state index in [9.17, 15) is 4.79 Å². The van der Waals surface area contributed by atoms with E-state index in [-0.39, 0.29) is 11.9 Å². The Morgan fingerprint density at radius 2 is 1.84 bits per heavy atom. The molecule has 1 aromatic heterocycles. The number of rotatable bonds is 5. The molecule has 0 saturated heterocycles. The molecule has 5 nitrogen and oxygen atoms in total. The molecule has 0 aliphatic rings. The Bertz CT molecular complexity index is 859. The molecule has 5 heteroatoms. The number of amides is 1. The fraction of sp³-hybridized carbons (Fsp3) is 0.200. The van der Waals surface area contributed by atoms with Gasteiger partial charge in [0.15, 0.2) is 0 Å². The van der Waals surface area contributed by atoms with E-state index in [1.807, 2.05) is 55.5 Å². The number of nitrogens with zero attached hydrogens (tertiary/aromatic N) is 2. The average molecular weight is 336 g/mol. The maximum Gasteiger partial charge on any atom is 0.254 e. The van der Waals surface area contributed by atoms with Crippen molar-refractivity contribution >= 4 is 5.91 Å². The van der Waals surface area contributed by atoms with E-state index in [4.69, 9.17) is 9.26 Å². The smallest absolute Gasteiger partial charge is 0.254 e. The summed E-state index contributed by atoms with van der Waals surface area (Å²) in [5.41, 5.74) is 3.31. The summed E-state index contributed by atoms with van der Waals surface area (Å²) in [5.74, 6) is 0.714. The van der Waals surface area contributed by atoms with Gasteiger partial charge in [-0.2, -0.15) is 0 Å². The summed E-state index contributed by atoms with van der Waals surface area (Å²) in [5, 5.41) is 3.91. The lowest BCUT2D eigenvalue weighted by atomic mass is 10.0. The van der Waals surface area contributed by atoms with Crippen molar-refractivity contribution in [3.05, 3.63) is 72.1 Å². The number of benzene rings is 2. The van der Waals surface area contributed by atoms with Crippen LogP contribution in [0.2, 0.25) is 0 Å². The van der Waals surface area contributed by atoms with Crippen LogP contribution in [0.4, 0.5) is 0 Å². The van der Waals surface area contributed by atoms with E-state index in [0.29, 0.717) is 5.56 Å². The Kier molecular flexibility index (Phi) is 4.84. The molecule has 0 bridgehead atoms. The maximum atomic E-state index is 12.8. The van der Waals surface area contributed by atoms with Gasteiger partial charge in [-0.1, -0.05) is 29.4 Å². The summed E-state index contributed by atoms with van der Waals surface area (Å²) in [7, 11) is 3.40. The highest BCUT2D eigenvalue weighted by Crippen LogP contribution is 2.26. The third kappa shape index (κ3) is 3.55. The molecule has 25 heavy (non-hydrogen) atoms. The fourth-order valence-corrected chi connectivity index (χ4v) is 2.65. The quantitative estimate of drug-likeness (QED) is 0.701. The van der Waals surface area contributed by atoms with Gasteiger partial charge in [-0.3, -0.25) is 4.79 Å². The lowest BCUT2D eigenvalue weighted by molar-refractivity contribution is 0.0737. The zero-order valence-corrected chi connectivity index (χ0v) is 14.5. The molecule has 0 aliphatic carbocycles. The summed E-state index contributed by atoms with van der Waals surface area (Å²) >= 11 is 0. The fourth-order valence-electron chi connectivity index (χ4n) is 2.65. The minimum atomic E-state index is -0.174. The number of hydrogen-bond acceptors (Lipinski definition) is 4. The van der Waals surface area contributed by atoms with Gasteiger partial charge in [0.2, 0.25) is 0 Å². The van der Waals surface area contributed by atoms with Crippen LogP contribution in [0, 0.1) is 0 Å². The van der Waals surface area contributed by atoms with Gasteiger partial charge in [-0.15, -0.1) is 0 Å². The lowest BCUT2D eigenvalue weighted by Gasteiger charge is -2.23. The molecule has 128 valence electrons. The molecule has 1 amide bonds. The van der Waals surface area contributed by atoms with Crippen LogP contribution in [0.15, 0.2) is 65.4 Å². The summed E-state index contributed by atoms with van der Waals surface area (Å²) in [4.78, 5) is 14.5. The zero-order chi connectivity index (χ0) is 17.8. The standard InChI is InChI=1S/C20H20N2O3/c1-14(19-10-11-25-21-19)22(2)20(23)17-8-4-6-15(12-17)16-7-5-9-18(13-16)24-3/h4-14H,1-3H3/t14-/m0/s1. The molecule has 1 atom stereocenters. The minimum Gasteiger partial charge on any atom is -0.497 e. The Labute approximate surface area is 146 Å². The van der Waals surface area contributed by atoms with E-state index < -0.39 is 0 Å². The second kappa shape index (κ2) is 7.21. The summed E-state index contributed by atoms with van der Waals surface area (Å²) < 4.78 is 10.1. The summed E-state index contributed by atoms with van der Waals surface area (Å²) in [6.07, 6.45) is 1.51. The van der Waals surface area contributed by atoms with Crippen molar-refractivity contribution in [1.29, 1.82) is 0 Å².